The largest absolute Gasteiger partial charge is 0.354 e. The molecule has 0 saturated heterocycles. The van der Waals surface area contributed by atoms with Crippen LogP contribution in [0, 0.1) is 10.1 Å². The summed E-state index contributed by atoms with van der Waals surface area (Å²) in [4.78, 5) is 12.1. The van der Waals surface area contributed by atoms with Gasteiger partial charge in [-0.1, -0.05) is 11.6 Å². The molecule has 0 aliphatic rings. The molecule has 0 spiro atoms. The third-order valence-corrected chi connectivity index (χ3v) is 3.10. The lowest BCUT2D eigenvalue weighted by molar-refractivity contribution is -0.384. The second-order valence-corrected chi connectivity index (χ2v) is 4.64. The number of halogens is 1. The fraction of sp³-hybridized carbons (Fsp3) is 0.250. The second-order valence-electron chi connectivity index (χ2n) is 4.24. The summed E-state index contributed by atoms with van der Waals surface area (Å²) in [5.41, 5.74) is 0.814. The molecule has 0 saturated carbocycles. The van der Waals surface area contributed by atoms with Crippen LogP contribution in [0.3, 0.4) is 0 Å². The van der Waals surface area contributed by atoms with Crippen LogP contribution < -0.4 is 4.90 Å². The highest BCUT2D eigenvalue weighted by Gasteiger charge is 2.12. The van der Waals surface area contributed by atoms with E-state index in [1.807, 2.05) is 31.3 Å². The van der Waals surface area contributed by atoms with Crippen molar-refractivity contribution in [2.24, 2.45) is 7.05 Å². The Morgan fingerprint density at radius 2 is 2.21 bits per heavy atom. The molecule has 0 radical (unpaired) electrons. The Kier molecular flexibility index (Phi) is 3.71. The smallest absolute Gasteiger partial charge is 0.270 e. The van der Waals surface area contributed by atoms with Crippen molar-refractivity contribution in [2.75, 3.05) is 11.9 Å². The Morgan fingerprint density at radius 1 is 1.47 bits per heavy atom. The van der Waals surface area contributed by atoms with Crippen molar-refractivity contribution in [1.29, 1.82) is 0 Å². The quantitative estimate of drug-likeness (QED) is 0.638. The molecule has 100 valence electrons. The topological polar surface area (TPSA) is 64.2 Å². The van der Waals surface area contributed by atoms with Gasteiger partial charge in [-0.15, -0.1) is 0 Å². The van der Waals surface area contributed by atoms with Crippen molar-refractivity contribution in [3.8, 4) is 0 Å². The van der Waals surface area contributed by atoms with Crippen molar-refractivity contribution < 1.29 is 4.92 Å². The van der Waals surface area contributed by atoms with Gasteiger partial charge in [-0.2, -0.15) is 5.10 Å². The maximum absolute atomic E-state index is 10.6. The number of nitro benzene ring substituents is 1. The molecule has 6 nitrogen and oxygen atoms in total. The van der Waals surface area contributed by atoms with Crippen molar-refractivity contribution in [2.45, 2.75) is 6.54 Å². The zero-order chi connectivity index (χ0) is 14.0. The van der Waals surface area contributed by atoms with Gasteiger partial charge in [-0.25, -0.2) is 0 Å². The van der Waals surface area contributed by atoms with Crippen molar-refractivity contribution in [3.63, 3.8) is 0 Å². The number of aryl methyl sites for hydroxylation is 1. The molecule has 2 aromatic rings. The number of anilines is 1. The van der Waals surface area contributed by atoms with Crippen molar-refractivity contribution in [1.82, 2.24) is 9.78 Å². The summed E-state index contributed by atoms with van der Waals surface area (Å²) in [7, 11) is 3.73. The third kappa shape index (κ3) is 3.03. The van der Waals surface area contributed by atoms with Gasteiger partial charge in [0.25, 0.3) is 5.69 Å². The zero-order valence-corrected chi connectivity index (χ0v) is 11.3. The maximum atomic E-state index is 10.6. The minimum absolute atomic E-state index is 0.00533. The molecule has 1 heterocycles. The molecule has 0 unspecified atom stereocenters. The average Bonchev–Trinajstić information content (AvgIpc) is 2.78. The minimum atomic E-state index is -0.460. The molecule has 0 N–H and O–H groups in total. The van der Waals surface area contributed by atoms with Crippen LogP contribution in [0.15, 0.2) is 30.5 Å². The first-order chi connectivity index (χ1) is 8.97. The van der Waals surface area contributed by atoms with Gasteiger partial charge in [0.2, 0.25) is 0 Å². The number of hydrogen-bond donors (Lipinski definition) is 0. The number of rotatable bonds is 4. The van der Waals surface area contributed by atoms with Crippen LogP contribution in [-0.2, 0) is 13.6 Å². The second kappa shape index (κ2) is 5.27. The molecule has 0 amide bonds. The normalized spacial score (nSPS) is 10.5. The lowest BCUT2D eigenvalue weighted by Gasteiger charge is -2.16. The predicted molar refractivity (Wildman–Crippen MR) is 73.4 cm³/mol. The summed E-state index contributed by atoms with van der Waals surface area (Å²) in [6.45, 7) is 0.536. The maximum Gasteiger partial charge on any atom is 0.270 e. The highest BCUT2D eigenvalue weighted by molar-refractivity contribution is 6.31. The first kappa shape index (κ1) is 13.4. The van der Waals surface area contributed by atoms with E-state index >= 15 is 0 Å². The van der Waals surface area contributed by atoms with Crippen LogP contribution >= 0.6 is 11.6 Å². The average molecular weight is 281 g/mol. The van der Waals surface area contributed by atoms with Gasteiger partial charge in [0, 0.05) is 45.0 Å². The molecular formula is C12H13ClN4O2. The number of hydrogen-bond acceptors (Lipinski definition) is 4. The lowest BCUT2D eigenvalue weighted by Crippen LogP contribution is -2.17. The summed E-state index contributed by atoms with van der Waals surface area (Å²) < 4.78 is 1.71. The Morgan fingerprint density at radius 3 is 2.74 bits per heavy atom. The molecule has 2 rings (SSSR count). The number of nitrogens with zero attached hydrogens (tertiary/aromatic N) is 4. The van der Waals surface area contributed by atoms with E-state index in [2.05, 4.69) is 5.10 Å². The summed E-state index contributed by atoms with van der Waals surface area (Å²) in [6, 6.07) is 6.37. The highest BCUT2D eigenvalue weighted by atomic mass is 35.5. The third-order valence-electron chi connectivity index (χ3n) is 2.75. The molecule has 0 aliphatic carbocycles. The molecule has 0 aliphatic heterocycles. The van der Waals surface area contributed by atoms with Gasteiger partial charge in [0.05, 0.1) is 9.95 Å². The van der Waals surface area contributed by atoms with E-state index in [1.165, 1.54) is 12.1 Å². The van der Waals surface area contributed by atoms with E-state index in [1.54, 1.807) is 10.7 Å². The van der Waals surface area contributed by atoms with Crippen LogP contribution in [0.5, 0.6) is 0 Å². The van der Waals surface area contributed by atoms with Gasteiger partial charge in [-0.05, 0) is 11.6 Å². The molecule has 19 heavy (non-hydrogen) atoms. The van der Waals surface area contributed by atoms with Gasteiger partial charge in [0.15, 0.2) is 5.82 Å². The first-order valence-electron chi connectivity index (χ1n) is 5.61. The molecule has 0 atom stereocenters. The van der Waals surface area contributed by atoms with Gasteiger partial charge >= 0.3 is 0 Å². The summed E-state index contributed by atoms with van der Waals surface area (Å²) >= 11 is 6.05. The number of non-ortho nitro benzene ring substituents is 1. The van der Waals surface area contributed by atoms with E-state index in [-0.39, 0.29) is 5.69 Å². The van der Waals surface area contributed by atoms with Crippen LogP contribution in [0.25, 0.3) is 0 Å². The molecule has 0 fully saturated rings. The summed E-state index contributed by atoms with van der Waals surface area (Å²) in [6.07, 6.45) is 1.85. The Balaban J connectivity index is 2.17. The van der Waals surface area contributed by atoms with Crippen LogP contribution in [0.1, 0.15) is 5.56 Å². The molecule has 1 aromatic carbocycles. The Bertz CT molecular complexity index is 612. The fourth-order valence-electron chi connectivity index (χ4n) is 1.72. The highest BCUT2D eigenvalue weighted by Crippen LogP contribution is 2.24. The van der Waals surface area contributed by atoms with E-state index in [9.17, 15) is 10.1 Å². The summed E-state index contributed by atoms with van der Waals surface area (Å²) in [5, 5.41) is 15.3. The first-order valence-corrected chi connectivity index (χ1v) is 5.99. The number of aromatic nitrogens is 2. The minimum Gasteiger partial charge on any atom is -0.354 e. The SMILES string of the molecule is CN(Cc1ccc([N+](=O)[O-])cc1Cl)c1ccn(C)n1. The number of benzene rings is 1. The fourth-order valence-corrected chi connectivity index (χ4v) is 1.96. The van der Waals surface area contributed by atoms with Crippen LogP contribution in [0.4, 0.5) is 11.5 Å². The van der Waals surface area contributed by atoms with E-state index in [0.29, 0.717) is 11.6 Å². The molecular weight excluding hydrogens is 268 g/mol. The molecule has 0 bridgehead atoms. The van der Waals surface area contributed by atoms with E-state index in [0.717, 1.165) is 11.4 Å². The molecule has 1 aromatic heterocycles. The van der Waals surface area contributed by atoms with Gasteiger partial charge in [-0.3, -0.25) is 14.8 Å². The van der Waals surface area contributed by atoms with Gasteiger partial charge in [0.1, 0.15) is 0 Å². The zero-order valence-electron chi connectivity index (χ0n) is 10.6. The van der Waals surface area contributed by atoms with Crippen molar-refractivity contribution >= 4 is 23.1 Å². The predicted octanol–water partition coefficient (Wildman–Crippen LogP) is 2.62. The van der Waals surface area contributed by atoms with Crippen LogP contribution in [-0.4, -0.2) is 21.8 Å². The lowest BCUT2D eigenvalue weighted by atomic mass is 10.2. The Hall–Kier alpha value is -2.08. The van der Waals surface area contributed by atoms with E-state index < -0.39 is 4.92 Å². The van der Waals surface area contributed by atoms with E-state index in [4.69, 9.17) is 11.6 Å². The number of nitro groups is 1. The monoisotopic (exact) mass is 280 g/mol. The summed E-state index contributed by atoms with van der Waals surface area (Å²) in [5.74, 6) is 0.817. The Labute approximate surface area is 115 Å². The van der Waals surface area contributed by atoms with Gasteiger partial charge < -0.3 is 4.90 Å². The molecule has 7 heteroatoms. The van der Waals surface area contributed by atoms with Crippen molar-refractivity contribution in [3.05, 3.63) is 51.2 Å². The van der Waals surface area contributed by atoms with Crippen LogP contribution in [0.2, 0.25) is 5.02 Å². The standard InChI is InChI=1S/C12H13ClN4O2/c1-15(12-5-6-16(2)14-12)8-9-3-4-10(17(18)19)7-11(9)13/h3-7H,8H2,1-2H3.